The molecular weight excluding hydrogens is 268 g/mol. The summed E-state index contributed by atoms with van der Waals surface area (Å²) in [5.41, 5.74) is 0. The zero-order valence-electron chi connectivity index (χ0n) is 13.0. The van der Waals surface area contributed by atoms with Crippen molar-refractivity contribution in [3.05, 3.63) is 24.3 Å². The molecule has 5 nitrogen and oxygen atoms in total. The molecule has 0 aromatic heterocycles. The Labute approximate surface area is 126 Å². The number of carbonyl (C=O) groups is 1. The summed E-state index contributed by atoms with van der Waals surface area (Å²) in [6.07, 6.45) is 1.47. The van der Waals surface area contributed by atoms with E-state index in [9.17, 15) is 4.79 Å². The van der Waals surface area contributed by atoms with Gasteiger partial charge in [0, 0.05) is 12.1 Å². The average molecular weight is 292 g/mol. The Kier molecular flexibility index (Phi) is 5.44. The topological polar surface area (TPSA) is 50.8 Å². The minimum Gasteiger partial charge on any atom is -0.497 e. The number of hydrogen-bond donors (Lipinski definition) is 1. The molecule has 1 aliphatic rings. The summed E-state index contributed by atoms with van der Waals surface area (Å²) < 4.78 is 10.8. The van der Waals surface area contributed by atoms with Gasteiger partial charge in [-0.2, -0.15) is 0 Å². The van der Waals surface area contributed by atoms with Crippen molar-refractivity contribution < 1.29 is 14.3 Å². The molecule has 1 heterocycles. The number of methoxy groups -OCH3 is 1. The quantitative estimate of drug-likeness (QED) is 0.897. The number of carbonyl (C=O) groups excluding carboxylic acids is 1. The van der Waals surface area contributed by atoms with Gasteiger partial charge in [0.15, 0.2) is 6.10 Å². The second kappa shape index (κ2) is 7.31. The van der Waals surface area contributed by atoms with Crippen LogP contribution in [0.2, 0.25) is 0 Å². The van der Waals surface area contributed by atoms with E-state index in [2.05, 4.69) is 17.3 Å². The summed E-state index contributed by atoms with van der Waals surface area (Å²) in [7, 11) is 3.71. The Bertz CT molecular complexity index is 470. The first-order valence-electron chi connectivity index (χ1n) is 7.38. The summed E-state index contributed by atoms with van der Waals surface area (Å²) >= 11 is 0. The van der Waals surface area contributed by atoms with Gasteiger partial charge in [0.25, 0.3) is 5.91 Å². The van der Waals surface area contributed by atoms with Gasteiger partial charge in [-0.3, -0.25) is 4.79 Å². The molecule has 0 bridgehead atoms. The van der Waals surface area contributed by atoms with Gasteiger partial charge in [0.2, 0.25) is 0 Å². The van der Waals surface area contributed by atoms with Crippen molar-refractivity contribution in [1.29, 1.82) is 0 Å². The minimum atomic E-state index is -0.517. The number of likely N-dealkylation sites (tertiary alicyclic amines) is 1. The predicted octanol–water partition coefficient (Wildman–Crippen LogP) is 1.67. The molecular formula is C16H24N2O3. The standard InChI is InChI=1S/C16H24N2O3/c1-12(21-15-6-4-5-14(11-15)20-3)16(19)17-13-7-9-18(2)10-8-13/h4-6,11-13H,7-10H2,1-3H3,(H,17,19)/t12-/m0/s1. The molecule has 1 atom stereocenters. The molecule has 0 spiro atoms. The lowest BCUT2D eigenvalue weighted by Crippen LogP contribution is -2.47. The van der Waals surface area contributed by atoms with E-state index in [-0.39, 0.29) is 11.9 Å². The first kappa shape index (κ1) is 15.6. The molecule has 5 heteroatoms. The largest absolute Gasteiger partial charge is 0.497 e. The van der Waals surface area contributed by atoms with Crippen LogP contribution in [-0.2, 0) is 4.79 Å². The Morgan fingerprint density at radius 2 is 2.00 bits per heavy atom. The summed E-state index contributed by atoms with van der Waals surface area (Å²) in [5.74, 6) is 1.29. The van der Waals surface area contributed by atoms with E-state index in [0.29, 0.717) is 5.75 Å². The van der Waals surface area contributed by atoms with E-state index in [1.807, 2.05) is 18.2 Å². The van der Waals surface area contributed by atoms with Gasteiger partial charge in [0.1, 0.15) is 11.5 Å². The highest BCUT2D eigenvalue weighted by atomic mass is 16.5. The fourth-order valence-electron chi connectivity index (χ4n) is 2.40. The first-order chi connectivity index (χ1) is 10.1. The summed E-state index contributed by atoms with van der Waals surface area (Å²) in [4.78, 5) is 14.4. The second-order valence-corrected chi connectivity index (χ2v) is 5.53. The zero-order valence-corrected chi connectivity index (χ0v) is 13.0. The molecule has 0 radical (unpaired) electrons. The lowest BCUT2D eigenvalue weighted by atomic mass is 10.1. The monoisotopic (exact) mass is 292 g/mol. The molecule has 1 amide bonds. The van der Waals surface area contributed by atoms with Gasteiger partial charge < -0.3 is 19.7 Å². The van der Waals surface area contributed by atoms with Gasteiger partial charge in [-0.1, -0.05) is 6.07 Å². The Balaban J connectivity index is 1.84. The van der Waals surface area contributed by atoms with Crippen LogP contribution in [0.25, 0.3) is 0 Å². The Morgan fingerprint density at radius 3 is 2.67 bits per heavy atom. The van der Waals surface area contributed by atoms with Crippen molar-refractivity contribution in [2.75, 3.05) is 27.2 Å². The van der Waals surface area contributed by atoms with Gasteiger partial charge in [-0.15, -0.1) is 0 Å². The molecule has 1 aromatic rings. The molecule has 2 rings (SSSR count). The van der Waals surface area contributed by atoms with Crippen molar-refractivity contribution in [2.24, 2.45) is 0 Å². The highest BCUT2D eigenvalue weighted by Gasteiger charge is 2.22. The van der Waals surface area contributed by atoms with Crippen LogP contribution in [0, 0.1) is 0 Å². The number of piperidine rings is 1. The number of benzene rings is 1. The highest BCUT2D eigenvalue weighted by Crippen LogP contribution is 2.20. The number of rotatable bonds is 5. The number of amides is 1. The van der Waals surface area contributed by atoms with E-state index in [0.717, 1.165) is 31.7 Å². The first-order valence-corrected chi connectivity index (χ1v) is 7.38. The molecule has 0 saturated carbocycles. The molecule has 1 fully saturated rings. The maximum Gasteiger partial charge on any atom is 0.260 e. The van der Waals surface area contributed by atoms with Crippen LogP contribution in [0.15, 0.2) is 24.3 Å². The van der Waals surface area contributed by atoms with E-state index >= 15 is 0 Å². The van der Waals surface area contributed by atoms with Crippen LogP contribution in [0.3, 0.4) is 0 Å². The van der Waals surface area contributed by atoms with Crippen LogP contribution in [-0.4, -0.2) is 50.2 Å². The van der Waals surface area contributed by atoms with E-state index < -0.39 is 6.10 Å². The lowest BCUT2D eigenvalue weighted by Gasteiger charge is -2.30. The molecule has 1 aromatic carbocycles. The highest BCUT2D eigenvalue weighted by molar-refractivity contribution is 5.81. The van der Waals surface area contributed by atoms with Gasteiger partial charge in [-0.05, 0) is 52.0 Å². The fraction of sp³-hybridized carbons (Fsp3) is 0.562. The van der Waals surface area contributed by atoms with Crippen molar-refractivity contribution in [3.8, 4) is 11.5 Å². The van der Waals surface area contributed by atoms with Crippen LogP contribution in [0.4, 0.5) is 0 Å². The number of ether oxygens (including phenoxy) is 2. The maximum absolute atomic E-state index is 12.2. The lowest BCUT2D eigenvalue weighted by molar-refractivity contribution is -0.128. The van der Waals surface area contributed by atoms with E-state index in [4.69, 9.17) is 9.47 Å². The van der Waals surface area contributed by atoms with E-state index in [1.54, 1.807) is 20.1 Å². The third kappa shape index (κ3) is 4.63. The van der Waals surface area contributed by atoms with Crippen LogP contribution in [0.5, 0.6) is 11.5 Å². The van der Waals surface area contributed by atoms with Crippen molar-refractivity contribution >= 4 is 5.91 Å². The number of nitrogens with one attached hydrogen (secondary N) is 1. The smallest absolute Gasteiger partial charge is 0.260 e. The molecule has 1 saturated heterocycles. The zero-order chi connectivity index (χ0) is 15.2. The van der Waals surface area contributed by atoms with Gasteiger partial charge in [-0.25, -0.2) is 0 Å². The van der Waals surface area contributed by atoms with E-state index in [1.165, 1.54) is 0 Å². The number of hydrogen-bond acceptors (Lipinski definition) is 4. The van der Waals surface area contributed by atoms with Gasteiger partial charge >= 0.3 is 0 Å². The molecule has 116 valence electrons. The summed E-state index contributed by atoms with van der Waals surface area (Å²) in [5, 5.41) is 3.07. The molecule has 0 unspecified atom stereocenters. The Hall–Kier alpha value is -1.75. The fourth-order valence-corrected chi connectivity index (χ4v) is 2.40. The summed E-state index contributed by atoms with van der Waals surface area (Å²) in [6.45, 7) is 3.82. The third-order valence-electron chi connectivity index (χ3n) is 3.79. The number of nitrogens with zero attached hydrogens (tertiary/aromatic N) is 1. The second-order valence-electron chi connectivity index (χ2n) is 5.53. The summed E-state index contributed by atoms with van der Waals surface area (Å²) in [6, 6.07) is 7.54. The molecule has 1 N–H and O–H groups in total. The van der Waals surface area contributed by atoms with Crippen molar-refractivity contribution in [2.45, 2.75) is 31.9 Å². The van der Waals surface area contributed by atoms with Gasteiger partial charge in [0.05, 0.1) is 7.11 Å². The third-order valence-corrected chi connectivity index (χ3v) is 3.79. The molecule has 21 heavy (non-hydrogen) atoms. The van der Waals surface area contributed by atoms with Crippen molar-refractivity contribution in [1.82, 2.24) is 10.2 Å². The van der Waals surface area contributed by atoms with Crippen LogP contribution >= 0.6 is 0 Å². The predicted molar refractivity (Wildman–Crippen MR) is 81.7 cm³/mol. The van der Waals surface area contributed by atoms with Crippen LogP contribution in [0.1, 0.15) is 19.8 Å². The maximum atomic E-state index is 12.2. The SMILES string of the molecule is COc1cccc(O[C@@H](C)C(=O)NC2CCN(C)CC2)c1. The minimum absolute atomic E-state index is 0.0626. The average Bonchev–Trinajstić information content (AvgIpc) is 2.49. The normalized spacial score (nSPS) is 18.0. The van der Waals surface area contributed by atoms with Crippen LogP contribution < -0.4 is 14.8 Å². The van der Waals surface area contributed by atoms with Crippen molar-refractivity contribution in [3.63, 3.8) is 0 Å². The molecule has 1 aliphatic heterocycles. The Morgan fingerprint density at radius 1 is 1.33 bits per heavy atom. The molecule has 0 aliphatic carbocycles.